The monoisotopic (exact) mass is 320 g/mol. The maximum atomic E-state index is 12.1. The van der Waals surface area contributed by atoms with Gasteiger partial charge in [0.2, 0.25) is 15.9 Å². The molecule has 0 aromatic heterocycles. The first kappa shape index (κ1) is 16.7. The third-order valence-corrected chi connectivity index (χ3v) is 6.34. The zero-order valence-corrected chi connectivity index (χ0v) is 13.3. The average molecular weight is 320 g/mol. The molecule has 21 heavy (non-hydrogen) atoms. The van der Waals surface area contributed by atoms with Crippen molar-refractivity contribution in [2.75, 3.05) is 32.9 Å². The number of carbonyl (C=O) groups is 1. The van der Waals surface area contributed by atoms with Crippen LogP contribution in [-0.2, 0) is 14.8 Å². The van der Waals surface area contributed by atoms with Gasteiger partial charge in [-0.25, -0.2) is 12.7 Å². The highest BCUT2D eigenvalue weighted by molar-refractivity contribution is 7.88. The second-order valence-electron chi connectivity index (χ2n) is 6.22. The van der Waals surface area contributed by atoms with Gasteiger partial charge in [0, 0.05) is 44.9 Å². The van der Waals surface area contributed by atoms with E-state index in [1.807, 2.05) is 0 Å². The Balaban J connectivity index is 1.81. The van der Waals surface area contributed by atoms with Crippen LogP contribution in [-0.4, -0.2) is 78.9 Å². The predicted molar refractivity (Wildman–Crippen MR) is 77.0 cm³/mol. The van der Waals surface area contributed by atoms with Crippen LogP contribution in [0.4, 0.5) is 0 Å². The lowest BCUT2D eigenvalue weighted by atomic mass is 9.58. The van der Waals surface area contributed by atoms with Gasteiger partial charge in [-0.2, -0.15) is 0 Å². The van der Waals surface area contributed by atoms with Crippen molar-refractivity contribution in [3.8, 4) is 0 Å². The smallest absolute Gasteiger partial charge is 0.223 e. The van der Waals surface area contributed by atoms with Crippen molar-refractivity contribution in [3.05, 3.63) is 0 Å². The highest BCUT2D eigenvalue weighted by atomic mass is 32.2. The number of likely N-dealkylation sites (tertiary alicyclic amines) is 1. The highest BCUT2D eigenvalue weighted by Gasteiger charge is 2.55. The molecule has 8 heteroatoms. The fraction of sp³-hybridized carbons (Fsp3) is 0.923. The number of aliphatic hydroxyl groups is 2. The van der Waals surface area contributed by atoms with Gasteiger partial charge in [0.25, 0.3) is 0 Å². The van der Waals surface area contributed by atoms with E-state index in [0.717, 1.165) is 10.6 Å². The van der Waals surface area contributed by atoms with E-state index in [-0.39, 0.29) is 18.9 Å². The molecule has 1 amide bonds. The van der Waals surface area contributed by atoms with E-state index < -0.39 is 27.6 Å². The Hall–Kier alpha value is -0.700. The molecule has 1 spiro atoms. The zero-order valence-electron chi connectivity index (χ0n) is 12.5. The molecule has 0 radical (unpaired) electrons. The summed E-state index contributed by atoms with van der Waals surface area (Å²) in [4.78, 5) is 13.8. The first-order valence-electron chi connectivity index (χ1n) is 7.22. The first-order chi connectivity index (χ1) is 9.67. The normalized spacial score (nSPS) is 28.7. The van der Waals surface area contributed by atoms with Crippen LogP contribution >= 0.6 is 0 Å². The number of carbonyl (C=O) groups excluding carboxylic acids is 1. The molecular formula is C13H24N2O5S. The van der Waals surface area contributed by atoms with Gasteiger partial charge < -0.3 is 15.1 Å². The Morgan fingerprint density at radius 1 is 1.29 bits per heavy atom. The molecule has 1 heterocycles. The van der Waals surface area contributed by atoms with Crippen LogP contribution in [0.25, 0.3) is 0 Å². The predicted octanol–water partition coefficient (Wildman–Crippen LogP) is -0.998. The van der Waals surface area contributed by atoms with Gasteiger partial charge in [-0.1, -0.05) is 0 Å². The molecule has 2 rings (SSSR count). The minimum Gasteiger partial charge on any atom is -0.392 e. The molecule has 2 N–H and O–H groups in total. The summed E-state index contributed by atoms with van der Waals surface area (Å²) in [5.74, 6) is -0.0800. The molecule has 1 saturated heterocycles. The van der Waals surface area contributed by atoms with Crippen LogP contribution in [0, 0.1) is 5.41 Å². The standard InChI is InChI=1S/C13H24N2O5S/c1-14(21(2,19)20)6-3-12(18)15-7-4-13(5-8-15)10(16)9-11(13)17/h10-11,16-17H,3-9H2,1-2H3/t10-,11+. The van der Waals surface area contributed by atoms with Crippen molar-refractivity contribution in [1.29, 1.82) is 0 Å². The molecule has 0 aromatic rings. The number of rotatable bonds is 4. The number of sulfonamides is 1. The number of aliphatic hydroxyl groups excluding tert-OH is 2. The highest BCUT2D eigenvalue weighted by Crippen LogP contribution is 2.49. The molecule has 2 fully saturated rings. The maximum Gasteiger partial charge on any atom is 0.223 e. The largest absolute Gasteiger partial charge is 0.392 e. The number of hydrogen-bond donors (Lipinski definition) is 2. The van der Waals surface area contributed by atoms with Gasteiger partial charge in [-0.15, -0.1) is 0 Å². The van der Waals surface area contributed by atoms with E-state index in [4.69, 9.17) is 0 Å². The Kier molecular flexibility index (Phi) is 4.63. The third kappa shape index (κ3) is 3.23. The van der Waals surface area contributed by atoms with Crippen molar-refractivity contribution in [1.82, 2.24) is 9.21 Å². The minimum absolute atomic E-state index is 0.0800. The SMILES string of the molecule is CN(CCC(=O)N1CCC2(CC1)[C@H](O)C[C@@H]2O)S(C)(=O)=O. The summed E-state index contributed by atoms with van der Waals surface area (Å²) in [7, 11) is -1.81. The lowest BCUT2D eigenvalue weighted by Gasteiger charge is -2.55. The number of hydrogen-bond acceptors (Lipinski definition) is 5. The van der Waals surface area contributed by atoms with E-state index in [1.54, 1.807) is 4.90 Å². The van der Waals surface area contributed by atoms with Crippen LogP contribution in [0.15, 0.2) is 0 Å². The summed E-state index contributed by atoms with van der Waals surface area (Å²) in [6.45, 7) is 1.19. The van der Waals surface area contributed by atoms with Crippen LogP contribution in [0.3, 0.4) is 0 Å². The molecule has 2 atom stereocenters. The molecule has 0 aromatic carbocycles. The average Bonchev–Trinajstić information content (AvgIpc) is 2.43. The molecule has 1 aliphatic heterocycles. The van der Waals surface area contributed by atoms with E-state index >= 15 is 0 Å². The quantitative estimate of drug-likeness (QED) is 0.692. The molecule has 122 valence electrons. The van der Waals surface area contributed by atoms with Gasteiger partial charge >= 0.3 is 0 Å². The fourth-order valence-corrected chi connectivity index (χ4v) is 3.58. The van der Waals surface area contributed by atoms with E-state index in [2.05, 4.69) is 0 Å². The van der Waals surface area contributed by atoms with Crippen molar-refractivity contribution in [2.45, 2.75) is 37.9 Å². The Morgan fingerprint density at radius 3 is 2.24 bits per heavy atom. The minimum atomic E-state index is -3.26. The summed E-state index contributed by atoms with van der Waals surface area (Å²) in [6.07, 6.45) is 1.95. The summed E-state index contributed by atoms with van der Waals surface area (Å²) in [5.41, 5.74) is -0.430. The van der Waals surface area contributed by atoms with Crippen LogP contribution in [0.2, 0.25) is 0 Å². The second-order valence-corrected chi connectivity index (χ2v) is 8.31. The number of piperidine rings is 1. The van der Waals surface area contributed by atoms with Gasteiger partial charge in [-0.3, -0.25) is 4.79 Å². The number of nitrogens with zero attached hydrogens (tertiary/aromatic N) is 2. The van der Waals surface area contributed by atoms with E-state index in [0.29, 0.717) is 32.4 Å². The van der Waals surface area contributed by atoms with Crippen LogP contribution in [0.5, 0.6) is 0 Å². The molecule has 2 aliphatic rings. The lowest BCUT2D eigenvalue weighted by molar-refractivity contribution is -0.191. The van der Waals surface area contributed by atoms with Crippen LogP contribution < -0.4 is 0 Å². The number of amides is 1. The molecule has 7 nitrogen and oxygen atoms in total. The van der Waals surface area contributed by atoms with Crippen LogP contribution in [0.1, 0.15) is 25.7 Å². The Labute approximate surface area is 125 Å². The van der Waals surface area contributed by atoms with Crippen molar-refractivity contribution >= 4 is 15.9 Å². The molecule has 1 saturated carbocycles. The maximum absolute atomic E-state index is 12.1. The Bertz CT molecular complexity index is 489. The van der Waals surface area contributed by atoms with E-state index in [1.165, 1.54) is 7.05 Å². The van der Waals surface area contributed by atoms with Crippen molar-refractivity contribution < 1.29 is 23.4 Å². The lowest BCUT2D eigenvalue weighted by Crippen LogP contribution is -2.61. The molecule has 0 bridgehead atoms. The third-order valence-electron chi connectivity index (χ3n) is 5.03. The fourth-order valence-electron chi connectivity index (χ4n) is 3.16. The summed E-state index contributed by atoms with van der Waals surface area (Å²) >= 11 is 0. The van der Waals surface area contributed by atoms with Crippen molar-refractivity contribution in [3.63, 3.8) is 0 Å². The second kappa shape index (κ2) is 5.83. The Morgan fingerprint density at radius 2 is 1.81 bits per heavy atom. The summed E-state index contributed by atoms with van der Waals surface area (Å²) in [6, 6.07) is 0. The topological polar surface area (TPSA) is 98.2 Å². The van der Waals surface area contributed by atoms with Crippen molar-refractivity contribution in [2.24, 2.45) is 5.41 Å². The molecule has 1 aliphatic carbocycles. The van der Waals surface area contributed by atoms with Gasteiger partial charge in [0.1, 0.15) is 0 Å². The van der Waals surface area contributed by atoms with Gasteiger partial charge in [-0.05, 0) is 12.8 Å². The molecule has 0 unspecified atom stereocenters. The summed E-state index contributed by atoms with van der Waals surface area (Å²) in [5, 5.41) is 19.7. The van der Waals surface area contributed by atoms with E-state index in [9.17, 15) is 23.4 Å². The zero-order chi connectivity index (χ0) is 15.8. The molecular weight excluding hydrogens is 296 g/mol. The summed E-state index contributed by atoms with van der Waals surface area (Å²) < 4.78 is 23.7. The van der Waals surface area contributed by atoms with Gasteiger partial charge in [0.15, 0.2) is 0 Å². The first-order valence-corrected chi connectivity index (χ1v) is 9.07. The van der Waals surface area contributed by atoms with Gasteiger partial charge in [0.05, 0.1) is 18.5 Å².